The van der Waals surface area contributed by atoms with Crippen LogP contribution >= 0.6 is 0 Å². The molecule has 2 aliphatic heterocycles. The lowest BCUT2D eigenvalue weighted by molar-refractivity contribution is 0.00679. The Morgan fingerprint density at radius 3 is 2.86 bits per heavy atom. The number of carbonyl (C=O) groups is 1. The van der Waals surface area contributed by atoms with Gasteiger partial charge in [-0.3, -0.25) is 9.69 Å². The number of fused-ring (bicyclic) bond motifs is 1. The number of nitrogens with one attached hydrogen (secondary N) is 1. The lowest BCUT2D eigenvalue weighted by atomic mass is 10.0. The highest BCUT2D eigenvalue weighted by molar-refractivity contribution is 5.97. The van der Waals surface area contributed by atoms with Gasteiger partial charge in [-0.05, 0) is 12.5 Å². The molecule has 21 heavy (non-hydrogen) atoms. The quantitative estimate of drug-likeness (QED) is 0.821. The van der Waals surface area contributed by atoms with Gasteiger partial charge in [0.15, 0.2) is 0 Å². The van der Waals surface area contributed by atoms with Crippen LogP contribution < -0.4 is 0 Å². The van der Waals surface area contributed by atoms with E-state index in [-0.39, 0.29) is 5.91 Å². The molecule has 3 rings (SSSR count). The van der Waals surface area contributed by atoms with Crippen molar-refractivity contribution >= 4 is 5.91 Å². The first-order valence-corrected chi connectivity index (χ1v) is 7.59. The van der Waals surface area contributed by atoms with Gasteiger partial charge in [0.05, 0.1) is 24.9 Å². The highest BCUT2D eigenvalue weighted by atomic mass is 16.5. The predicted molar refractivity (Wildman–Crippen MR) is 78.4 cm³/mol. The maximum absolute atomic E-state index is 12.5. The number of H-pyrrole nitrogens is 1. The Hall–Kier alpha value is -1.37. The molecule has 116 valence electrons. The van der Waals surface area contributed by atoms with Crippen LogP contribution in [0.5, 0.6) is 0 Å². The molecule has 0 spiro atoms. The van der Waals surface area contributed by atoms with Gasteiger partial charge in [0, 0.05) is 51.0 Å². The second-order valence-corrected chi connectivity index (χ2v) is 5.89. The molecule has 0 bridgehead atoms. The van der Waals surface area contributed by atoms with Crippen LogP contribution in [0.1, 0.15) is 21.6 Å². The van der Waals surface area contributed by atoms with Gasteiger partial charge < -0.3 is 19.7 Å². The number of aromatic nitrogens is 1. The Morgan fingerprint density at radius 1 is 1.33 bits per heavy atom. The number of β-amino-alcohol motifs (C(OH)–C–C–N with tert-alkyl or cyclic N) is 1. The van der Waals surface area contributed by atoms with Crippen molar-refractivity contribution in [2.45, 2.75) is 19.4 Å². The largest absolute Gasteiger partial charge is 0.390 e. The van der Waals surface area contributed by atoms with Crippen LogP contribution in [-0.4, -0.2) is 77.8 Å². The van der Waals surface area contributed by atoms with Gasteiger partial charge in [-0.15, -0.1) is 0 Å². The number of nitrogens with zero attached hydrogens (tertiary/aromatic N) is 2. The van der Waals surface area contributed by atoms with E-state index in [1.165, 1.54) is 0 Å². The topological polar surface area (TPSA) is 68.8 Å². The Morgan fingerprint density at radius 2 is 2.10 bits per heavy atom. The Kier molecular flexibility index (Phi) is 4.28. The Balaban J connectivity index is 1.58. The number of ether oxygens (including phenoxy) is 1. The first-order valence-electron chi connectivity index (χ1n) is 7.59. The van der Waals surface area contributed by atoms with Gasteiger partial charge in [0.25, 0.3) is 5.91 Å². The second-order valence-electron chi connectivity index (χ2n) is 5.89. The number of rotatable bonds is 4. The van der Waals surface area contributed by atoms with Crippen LogP contribution in [0.25, 0.3) is 0 Å². The second kappa shape index (κ2) is 6.17. The first kappa shape index (κ1) is 14.6. The zero-order valence-corrected chi connectivity index (χ0v) is 12.5. The normalized spacial score (nSPS) is 21.4. The molecule has 3 heterocycles. The smallest absolute Gasteiger partial charge is 0.256 e. The predicted octanol–water partition coefficient (Wildman–Crippen LogP) is 0.0145. The third-order valence-electron chi connectivity index (χ3n) is 4.30. The molecule has 6 heteroatoms. The summed E-state index contributed by atoms with van der Waals surface area (Å²) in [7, 11) is 0. The van der Waals surface area contributed by atoms with E-state index in [1.807, 2.05) is 13.1 Å². The number of morpholine rings is 1. The van der Waals surface area contributed by atoms with Crippen LogP contribution in [0, 0.1) is 6.92 Å². The number of amides is 1. The maximum atomic E-state index is 12.5. The molecule has 0 aliphatic carbocycles. The van der Waals surface area contributed by atoms with Crippen molar-refractivity contribution < 1.29 is 14.6 Å². The molecule has 1 amide bonds. The summed E-state index contributed by atoms with van der Waals surface area (Å²) in [4.78, 5) is 19.6. The summed E-state index contributed by atoms with van der Waals surface area (Å²) in [6.45, 7) is 6.78. The standard InChI is InChI=1S/C15H23N3O3/c1-11-8-16-13-2-3-18(15(20)14(11)13)10-12(19)9-17-4-6-21-7-5-17/h8,12,16,19H,2-7,9-10H2,1H3. The van der Waals surface area contributed by atoms with Crippen LogP contribution in [0.2, 0.25) is 0 Å². The number of aliphatic hydroxyl groups is 1. The molecule has 0 saturated carbocycles. The first-order chi connectivity index (χ1) is 10.1. The van der Waals surface area contributed by atoms with Crippen LogP contribution in [0.4, 0.5) is 0 Å². The van der Waals surface area contributed by atoms with Crippen LogP contribution in [0.15, 0.2) is 6.20 Å². The van der Waals surface area contributed by atoms with Crippen LogP contribution in [0.3, 0.4) is 0 Å². The maximum Gasteiger partial charge on any atom is 0.256 e. The molecule has 1 unspecified atom stereocenters. The molecule has 1 fully saturated rings. The van der Waals surface area contributed by atoms with Gasteiger partial charge >= 0.3 is 0 Å². The fraction of sp³-hybridized carbons (Fsp3) is 0.667. The van der Waals surface area contributed by atoms with Crippen LogP contribution in [-0.2, 0) is 11.2 Å². The van der Waals surface area contributed by atoms with Crippen molar-refractivity contribution in [2.75, 3.05) is 45.9 Å². The summed E-state index contributed by atoms with van der Waals surface area (Å²) >= 11 is 0. The average Bonchev–Trinajstić information content (AvgIpc) is 2.85. The number of hydrogen-bond donors (Lipinski definition) is 2. The Bertz CT molecular complexity index is 508. The molecule has 0 aromatic carbocycles. The fourth-order valence-electron chi connectivity index (χ4n) is 3.15. The van der Waals surface area contributed by atoms with Crippen molar-refractivity contribution in [1.82, 2.24) is 14.8 Å². The van der Waals surface area contributed by atoms with Gasteiger partial charge in [0.1, 0.15) is 0 Å². The van der Waals surface area contributed by atoms with Crippen molar-refractivity contribution in [3.8, 4) is 0 Å². The highest BCUT2D eigenvalue weighted by Crippen LogP contribution is 2.21. The number of aryl methyl sites for hydroxylation is 1. The molecule has 1 aromatic heterocycles. The zero-order chi connectivity index (χ0) is 14.8. The summed E-state index contributed by atoms with van der Waals surface area (Å²) in [6, 6.07) is 0. The van der Waals surface area contributed by atoms with Gasteiger partial charge in [-0.1, -0.05) is 0 Å². The van der Waals surface area contributed by atoms with E-state index in [2.05, 4.69) is 9.88 Å². The Labute approximate surface area is 124 Å². The number of aliphatic hydroxyl groups excluding tert-OH is 1. The molecule has 1 atom stereocenters. The fourth-order valence-corrected chi connectivity index (χ4v) is 3.15. The van der Waals surface area contributed by atoms with E-state index < -0.39 is 6.10 Å². The molecular weight excluding hydrogens is 270 g/mol. The van der Waals surface area contributed by atoms with E-state index in [9.17, 15) is 9.90 Å². The van der Waals surface area contributed by atoms with Gasteiger partial charge in [-0.2, -0.15) is 0 Å². The van der Waals surface area contributed by atoms with E-state index in [0.717, 1.165) is 49.5 Å². The van der Waals surface area contributed by atoms with E-state index in [0.29, 0.717) is 19.6 Å². The number of hydrogen-bond acceptors (Lipinski definition) is 4. The summed E-state index contributed by atoms with van der Waals surface area (Å²) in [5.41, 5.74) is 2.80. The van der Waals surface area contributed by atoms with Gasteiger partial charge in [0.2, 0.25) is 0 Å². The third-order valence-corrected chi connectivity index (χ3v) is 4.30. The van der Waals surface area contributed by atoms with Crippen molar-refractivity contribution in [2.24, 2.45) is 0 Å². The molecule has 1 saturated heterocycles. The summed E-state index contributed by atoms with van der Waals surface area (Å²) in [5, 5.41) is 10.3. The molecule has 0 radical (unpaired) electrons. The van der Waals surface area contributed by atoms with E-state index in [4.69, 9.17) is 4.74 Å². The van der Waals surface area contributed by atoms with E-state index >= 15 is 0 Å². The van der Waals surface area contributed by atoms with E-state index in [1.54, 1.807) is 4.90 Å². The van der Waals surface area contributed by atoms with Crippen molar-refractivity contribution in [3.05, 3.63) is 23.0 Å². The summed E-state index contributed by atoms with van der Waals surface area (Å²) in [5.74, 6) is 0.0380. The minimum absolute atomic E-state index is 0.0380. The minimum atomic E-state index is -0.507. The minimum Gasteiger partial charge on any atom is -0.390 e. The lowest BCUT2D eigenvalue weighted by Gasteiger charge is -2.32. The average molecular weight is 293 g/mol. The lowest BCUT2D eigenvalue weighted by Crippen LogP contribution is -2.47. The molecule has 2 N–H and O–H groups in total. The summed E-state index contributed by atoms with van der Waals surface area (Å²) < 4.78 is 5.30. The summed E-state index contributed by atoms with van der Waals surface area (Å²) in [6.07, 6.45) is 2.21. The number of carbonyl (C=O) groups excluding carboxylic acids is 1. The van der Waals surface area contributed by atoms with Crippen molar-refractivity contribution in [1.29, 1.82) is 0 Å². The molecular formula is C15H23N3O3. The zero-order valence-electron chi connectivity index (χ0n) is 12.5. The molecule has 2 aliphatic rings. The molecule has 6 nitrogen and oxygen atoms in total. The SMILES string of the molecule is Cc1c[nH]c2c1C(=O)N(CC(O)CN1CCOCC1)CC2. The molecule has 1 aromatic rings. The monoisotopic (exact) mass is 293 g/mol. The highest BCUT2D eigenvalue weighted by Gasteiger charge is 2.29. The number of aromatic amines is 1. The van der Waals surface area contributed by atoms with Gasteiger partial charge in [-0.25, -0.2) is 0 Å². The third kappa shape index (κ3) is 3.12. The van der Waals surface area contributed by atoms with Crippen molar-refractivity contribution in [3.63, 3.8) is 0 Å².